The fraction of sp³-hybridized carbons (Fsp3) is 0. The van der Waals surface area contributed by atoms with Crippen LogP contribution in [0.3, 0.4) is 0 Å². The molecular formula is C38H22N4. The van der Waals surface area contributed by atoms with E-state index in [0.717, 1.165) is 38.8 Å². The summed E-state index contributed by atoms with van der Waals surface area (Å²) >= 11 is 0. The molecule has 0 fully saturated rings. The first-order valence-electron chi connectivity index (χ1n) is 14.3. The molecule has 0 aliphatic heterocycles. The summed E-state index contributed by atoms with van der Waals surface area (Å²) in [6.07, 6.45) is 0. The topological polar surface area (TPSA) is 35.1 Å². The van der Waals surface area contributed by atoms with E-state index in [0.29, 0.717) is 0 Å². The van der Waals surface area contributed by atoms with Crippen LogP contribution in [0.25, 0.3) is 88.0 Å². The molecule has 10 rings (SSSR count). The van der Waals surface area contributed by atoms with Crippen LogP contribution in [-0.4, -0.2) is 18.9 Å². The minimum absolute atomic E-state index is 0.900. The summed E-state index contributed by atoms with van der Waals surface area (Å²) in [5.41, 5.74) is 11.9. The maximum atomic E-state index is 5.30. The van der Waals surface area contributed by atoms with Gasteiger partial charge in [-0.2, -0.15) is 0 Å². The van der Waals surface area contributed by atoms with Crippen molar-refractivity contribution in [1.29, 1.82) is 0 Å². The van der Waals surface area contributed by atoms with Gasteiger partial charge in [-0.15, -0.1) is 0 Å². The minimum Gasteiger partial charge on any atom is -0.308 e. The summed E-state index contributed by atoms with van der Waals surface area (Å²) in [4.78, 5) is 10.5. The lowest BCUT2D eigenvalue weighted by molar-refractivity contribution is 1.19. The molecule has 6 aromatic carbocycles. The molecule has 0 atom stereocenters. The number of para-hydroxylation sites is 4. The maximum Gasteiger partial charge on any atom is 0.165 e. The van der Waals surface area contributed by atoms with E-state index in [4.69, 9.17) is 9.97 Å². The second-order valence-corrected chi connectivity index (χ2v) is 11.0. The number of hydrogen-bond donors (Lipinski definition) is 0. The van der Waals surface area contributed by atoms with Crippen molar-refractivity contribution in [1.82, 2.24) is 18.9 Å². The molecular weight excluding hydrogens is 512 g/mol. The normalized spacial score (nSPS) is 12.3. The van der Waals surface area contributed by atoms with Crippen molar-refractivity contribution in [3.05, 3.63) is 133 Å². The van der Waals surface area contributed by atoms with Crippen molar-refractivity contribution in [2.75, 3.05) is 0 Å². The third kappa shape index (κ3) is 2.76. The van der Waals surface area contributed by atoms with Gasteiger partial charge in [0, 0.05) is 27.2 Å². The van der Waals surface area contributed by atoms with Gasteiger partial charge in [0.15, 0.2) is 5.65 Å². The van der Waals surface area contributed by atoms with Gasteiger partial charge in [0.05, 0.1) is 38.5 Å². The zero-order chi connectivity index (χ0) is 27.4. The van der Waals surface area contributed by atoms with Gasteiger partial charge in [-0.1, -0.05) is 84.9 Å². The van der Waals surface area contributed by atoms with Gasteiger partial charge < -0.3 is 4.57 Å². The van der Waals surface area contributed by atoms with E-state index in [1.807, 2.05) is 12.1 Å². The van der Waals surface area contributed by atoms with E-state index in [2.05, 4.69) is 130 Å². The van der Waals surface area contributed by atoms with Crippen LogP contribution in [-0.2, 0) is 0 Å². The van der Waals surface area contributed by atoms with E-state index in [-0.39, 0.29) is 0 Å². The fourth-order valence-corrected chi connectivity index (χ4v) is 7.04. The highest BCUT2D eigenvalue weighted by atomic mass is 15.0. The Balaban J connectivity index is 1.51. The summed E-state index contributed by atoms with van der Waals surface area (Å²) in [5.74, 6) is 0. The molecule has 0 bridgehead atoms. The maximum absolute atomic E-state index is 5.30. The Bertz CT molecular complexity index is 2660. The average Bonchev–Trinajstić information content (AvgIpc) is 3.68. The van der Waals surface area contributed by atoms with Crippen molar-refractivity contribution in [3.8, 4) is 16.8 Å². The van der Waals surface area contributed by atoms with Crippen LogP contribution in [0.4, 0.5) is 0 Å². The van der Waals surface area contributed by atoms with E-state index < -0.39 is 0 Å². The Kier molecular flexibility index (Phi) is 4.15. The van der Waals surface area contributed by atoms with Crippen LogP contribution in [0.15, 0.2) is 133 Å². The molecule has 4 heterocycles. The van der Waals surface area contributed by atoms with Gasteiger partial charge in [-0.25, -0.2) is 9.97 Å². The van der Waals surface area contributed by atoms with E-state index in [1.54, 1.807) is 0 Å². The number of aromatic nitrogens is 4. The largest absolute Gasteiger partial charge is 0.308 e. The SMILES string of the molecule is c1ccc(-c2ccc3c(c2)c2cc4c5ccccc5n5c6nc7ccccc7nc6c(c2n3-c2ccccc2)c45)cc1. The Morgan fingerprint density at radius 3 is 1.98 bits per heavy atom. The van der Waals surface area contributed by atoms with E-state index >= 15 is 0 Å². The van der Waals surface area contributed by atoms with Gasteiger partial charge in [-0.3, -0.25) is 4.40 Å². The Morgan fingerprint density at radius 2 is 1.14 bits per heavy atom. The van der Waals surface area contributed by atoms with E-state index in [1.165, 1.54) is 49.2 Å². The molecule has 4 heteroatoms. The van der Waals surface area contributed by atoms with Crippen molar-refractivity contribution in [2.45, 2.75) is 0 Å². The highest BCUT2D eigenvalue weighted by Crippen LogP contribution is 2.46. The summed E-state index contributed by atoms with van der Waals surface area (Å²) in [7, 11) is 0. The highest BCUT2D eigenvalue weighted by molar-refractivity contribution is 6.33. The molecule has 0 aliphatic carbocycles. The molecule has 0 unspecified atom stereocenters. The second kappa shape index (κ2) is 7.93. The Labute approximate surface area is 240 Å². The summed E-state index contributed by atoms with van der Waals surface area (Å²) < 4.78 is 4.75. The zero-order valence-electron chi connectivity index (χ0n) is 22.5. The van der Waals surface area contributed by atoms with Crippen LogP contribution in [0.5, 0.6) is 0 Å². The van der Waals surface area contributed by atoms with Crippen molar-refractivity contribution in [2.24, 2.45) is 0 Å². The standard InChI is InChI=1S/C38H22N4/c1-3-11-23(12-4-1)24-19-20-33-27(21-24)29-22-28-26-15-7-10-18-32(26)42-37(28)34(36(29)41(33)25-13-5-2-6-14-25)35-38(42)40-31-17-9-8-16-30(31)39-35/h1-22H. The number of nitrogens with zero attached hydrogens (tertiary/aromatic N) is 4. The number of fused-ring (bicyclic) bond motifs is 11. The predicted octanol–water partition coefficient (Wildman–Crippen LogP) is 9.54. The highest BCUT2D eigenvalue weighted by Gasteiger charge is 2.26. The number of rotatable bonds is 2. The lowest BCUT2D eigenvalue weighted by atomic mass is 10.0. The quantitative estimate of drug-likeness (QED) is 0.221. The number of benzene rings is 6. The molecule has 0 spiro atoms. The van der Waals surface area contributed by atoms with Crippen LogP contribution in [0, 0.1) is 0 Å². The second-order valence-electron chi connectivity index (χ2n) is 11.0. The van der Waals surface area contributed by atoms with Gasteiger partial charge in [-0.05, 0) is 59.7 Å². The molecule has 194 valence electrons. The Hall–Kier alpha value is -5.74. The van der Waals surface area contributed by atoms with Crippen LogP contribution in [0.2, 0.25) is 0 Å². The van der Waals surface area contributed by atoms with Crippen molar-refractivity contribution < 1.29 is 0 Å². The lowest BCUT2D eigenvalue weighted by Gasteiger charge is -2.09. The van der Waals surface area contributed by atoms with Crippen molar-refractivity contribution >= 4 is 71.2 Å². The Morgan fingerprint density at radius 1 is 0.452 bits per heavy atom. The number of hydrogen-bond acceptors (Lipinski definition) is 2. The molecule has 0 aliphatic rings. The molecule has 0 saturated carbocycles. The summed E-state index contributed by atoms with van der Waals surface area (Å²) in [6, 6.07) is 47.4. The van der Waals surface area contributed by atoms with Gasteiger partial charge >= 0.3 is 0 Å². The van der Waals surface area contributed by atoms with Gasteiger partial charge in [0.2, 0.25) is 0 Å². The third-order valence-electron chi connectivity index (χ3n) is 8.80. The molecule has 0 radical (unpaired) electrons. The average molecular weight is 535 g/mol. The smallest absolute Gasteiger partial charge is 0.165 e. The van der Waals surface area contributed by atoms with Crippen LogP contribution in [0.1, 0.15) is 0 Å². The third-order valence-corrected chi connectivity index (χ3v) is 8.80. The first-order valence-corrected chi connectivity index (χ1v) is 14.3. The molecule has 4 nitrogen and oxygen atoms in total. The summed E-state index contributed by atoms with van der Waals surface area (Å²) in [6.45, 7) is 0. The lowest BCUT2D eigenvalue weighted by Crippen LogP contribution is -1.94. The van der Waals surface area contributed by atoms with Crippen molar-refractivity contribution in [3.63, 3.8) is 0 Å². The molecule has 0 N–H and O–H groups in total. The molecule has 42 heavy (non-hydrogen) atoms. The fourth-order valence-electron chi connectivity index (χ4n) is 7.04. The zero-order valence-corrected chi connectivity index (χ0v) is 22.5. The monoisotopic (exact) mass is 534 g/mol. The summed E-state index contributed by atoms with van der Waals surface area (Å²) in [5, 5.41) is 6.06. The molecule has 4 aromatic heterocycles. The molecule has 10 aromatic rings. The van der Waals surface area contributed by atoms with Gasteiger partial charge in [0.1, 0.15) is 5.52 Å². The molecule has 0 amide bonds. The van der Waals surface area contributed by atoms with E-state index in [9.17, 15) is 0 Å². The van der Waals surface area contributed by atoms with Crippen LogP contribution >= 0.6 is 0 Å². The van der Waals surface area contributed by atoms with Crippen LogP contribution < -0.4 is 0 Å². The minimum atomic E-state index is 0.900. The predicted molar refractivity (Wildman–Crippen MR) is 174 cm³/mol. The first-order chi connectivity index (χ1) is 20.8. The van der Waals surface area contributed by atoms with Gasteiger partial charge in [0.25, 0.3) is 0 Å². The molecule has 0 saturated heterocycles. The first kappa shape index (κ1) is 22.0.